The van der Waals surface area contributed by atoms with Gasteiger partial charge in [-0.3, -0.25) is 10.1 Å². The van der Waals surface area contributed by atoms with E-state index < -0.39 is 0 Å². The predicted molar refractivity (Wildman–Crippen MR) is 75.2 cm³/mol. The first-order chi connectivity index (χ1) is 9.03. The number of rotatable bonds is 4. The van der Waals surface area contributed by atoms with E-state index in [0.29, 0.717) is 17.3 Å². The first-order valence-corrected chi connectivity index (χ1v) is 7.67. The number of hydrogen-bond donors (Lipinski definition) is 0. The zero-order chi connectivity index (χ0) is 13.6. The lowest BCUT2D eigenvalue weighted by Crippen LogP contribution is -2.38. The van der Waals surface area contributed by atoms with E-state index in [1.165, 1.54) is 0 Å². The molecule has 8 heteroatoms. The topological polar surface area (TPSA) is 59.0 Å². The van der Waals surface area contributed by atoms with Crippen LogP contribution in [0, 0.1) is 10.1 Å². The van der Waals surface area contributed by atoms with Gasteiger partial charge in [-0.15, -0.1) is 0 Å². The Morgan fingerprint density at radius 3 is 2.95 bits per heavy atom. The van der Waals surface area contributed by atoms with Gasteiger partial charge in [0, 0.05) is 22.7 Å². The third-order valence-corrected chi connectivity index (χ3v) is 5.08. The Hall–Kier alpha value is -0.570. The van der Waals surface area contributed by atoms with Crippen LogP contribution < -0.4 is 0 Å². The highest BCUT2D eigenvalue weighted by Gasteiger charge is 2.69. The summed E-state index contributed by atoms with van der Waals surface area (Å²) in [7, 11) is 0. The van der Waals surface area contributed by atoms with Gasteiger partial charge in [0.2, 0.25) is 6.17 Å². The minimum atomic E-state index is -0.210. The van der Waals surface area contributed by atoms with Crippen LogP contribution in [0.2, 0.25) is 0 Å². The van der Waals surface area contributed by atoms with E-state index in [9.17, 15) is 10.1 Å². The van der Waals surface area contributed by atoms with Crippen LogP contribution >= 0.6 is 31.9 Å². The number of nitro groups is 1. The van der Waals surface area contributed by atoms with Gasteiger partial charge in [-0.2, -0.15) is 4.59 Å². The average molecular weight is 393 g/mol. The van der Waals surface area contributed by atoms with Crippen molar-refractivity contribution < 1.29 is 9.52 Å². The fourth-order valence-corrected chi connectivity index (χ4v) is 4.17. The Morgan fingerprint density at radius 2 is 2.37 bits per heavy atom. The number of halogens is 2. The summed E-state index contributed by atoms with van der Waals surface area (Å²) in [5.41, 5.74) is 1.01. The third-order valence-electron chi connectivity index (χ3n) is 3.91. The second kappa shape index (κ2) is 4.76. The van der Waals surface area contributed by atoms with E-state index in [-0.39, 0.29) is 11.6 Å². The quantitative estimate of drug-likeness (QED) is 0.260. The van der Waals surface area contributed by atoms with E-state index in [2.05, 4.69) is 41.9 Å². The van der Waals surface area contributed by atoms with Crippen LogP contribution in [-0.2, 0) is 6.54 Å². The largest absolute Gasteiger partial charge is 0.347 e. The molecule has 2 fully saturated rings. The van der Waals surface area contributed by atoms with Crippen molar-refractivity contribution in [3.8, 4) is 0 Å². The van der Waals surface area contributed by atoms with Crippen LogP contribution in [0.25, 0.3) is 0 Å². The molecule has 0 radical (unpaired) electrons. The van der Waals surface area contributed by atoms with E-state index >= 15 is 0 Å². The fraction of sp³-hybridized carbons (Fsp3) is 0.545. The Morgan fingerprint density at radius 1 is 1.58 bits per heavy atom. The summed E-state index contributed by atoms with van der Waals surface area (Å²) in [5, 5.41) is 13.2. The summed E-state index contributed by atoms with van der Waals surface area (Å²) in [5.74, 6) is 0. The van der Waals surface area contributed by atoms with Gasteiger partial charge in [0.1, 0.15) is 11.1 Å². The monoisotopic (exact) mass is 391 g/mol. The Bertz CT molecular complexity index is 529. The maximum atomic E-state index is 10.9. The normalized spacial score (nSPS) is 32.1. The van der Waals surface area contributed by atoms with Crippen LogP contribution in [0.4, 0.5) is 0 Å². The molecule has 0 aromatic carbocycles. The Labute approximate surface area is 127 Å². The van der Waals surface area contributed by atoms with Crippen molar-refractivity contribution in [2.24, 2.45) is 0 Å². The van der Waals surface area contributed by atoms with Gasteiger partial charge in [0.05, 0.1) is 11.5 Å². The van der Waals surface area contributed by atoms with E-state index in [1.54, 1.807) is 6.20 Å². The zero-order valence-electron chi connectivity index (χ0n) is 10.1. The first-order valence-electron chi connectivity index (χ1n) is 6.08. The molecule has 0 aliphatic carbocycles. The highest BCUT2D eigenvalue weighted by atomic mass is 79.9. The lowest BCUT2D eigenvalue weighted by atomic mass is 10.2. The Kier molecular flexibility index (Phi) is 3.36. The smallest absolute Gasteiger partial charge is 0.259 e. The SMILES string of the molecule is O=[N+]([O-])C[N+]1(Cc2cnc(Br)cc2Br)C2CCCN21. The van der Waals surface area contributed by atoms with E-state index in [4.69, 9.17) is 0 Å². The summed E-state index contributed by atoms with van der Waals surface area (Å²) >= 11 is 6.82. The zero-order valence-corrected chi connectivity index (χ0v) is 13.3. The summed E-state index contributed by atoms with van der Waals surface area (Å²) in [6.45, 7) is 1.56. The number of quaternary nitrogens is 1. The molecule has 3 unspecified atom stereocenters. The molecule has 19 heavy (non-hydrogen) atoms. The van der Waals surface area contributed by atoms with Gasteiger partial charge < -0.3 is 0 Å². The molecule has 0 amide bonds. The van der Waals surface area contributed by atoms with Gasteiger partial charge in [0.15, 0.2) is 0 Å². The van der Waals surface area contributed by atoms with Crippen LogP contribution in [-0.4, -0.2) is 38.9 Å². The standard InChI is InChI=1S/C11H13Br2N4O2/c12-9-4-10(13)14-5-8(9)6-17(7-16(18)19)11-2-1-3-15(11)17/h4-5,11H,1-3,6-7H2/q+1. The van der Waals surface area contributed by atoms with Crippen molar-refractivity contribution in [3.05, 3.63) is 37.0 Å². The lowest BCUT2D eigenvalue weighted by molar-refractivity contribution is -0.962. The third kappa shape index (κ3) is 2.31. The second-order valence-corrected chi connectivity index (χ2v) is 6.67. The summed E-state index contributed by atoms with van der Waals surface area (Å²) in [6, 6.07) is 1.88. The highest BCUT2D eigenvalue weighted by Crippen LogP contribution is 2.47. The van der Waals surface area contributed by atoms with Crippen molar-refractivity contribution in [1.29, 1.82) is 0 Å². The van der Waals surface area contributed by atoms with E-state index in [0.717, 1.165) is 34.0 Å². The molecule has 2 saturated heterocycles. The highest BCUT2D eigenvalue weighted by molar-refractivity contribution is 9.11. The summed E-state index contributed by atoms with van der Waals surface area (Å²) < 4.78 is 2.16. The molecular weight excluding hydrogens is 380 g/mol. The Balaban J connectivity index is 1.85. The first kappa shape index (κ1) is 13.4. The molecule has 0 N–H and O–H groups in total. The van der Waals surface area contributed by atoms with Gasteiger partial charge in [-0.05, 0) is 28.4 Å². The molecule has 1 aromatic heterocycles. The second-order valence-electron chi connectivity index (χ2n) is 5.00. The molecule has 3 atom stereocenters. The molecule has 2 aliphatic rings. The fourth-order valence-electron chi connectivity index (χ4n) is 3.09. The molecule has 6 nitrogen and oxygen atoms in total. The molecule has 3 rings (SSSR count). The van der Waals surface area contributed by atoms with Crippen molar-refractivity contribution in [2.75, 3.05) is 13.2 Å². The molecule has 0 bridgehead atoms. The predicted octanol–water partition coefficient (Wildman–Crippen LogP) is 2.51. The van der Waals surface area contributed by atoms with Crippen molar-refractivity contribution >= 4 is 31.9 Å². The minimum absolute atomic E-state index is 0.0346. The number of fused-ring (bicyclic) bond motifs is 1. The van der Waals surface area contributed by atoms with Gasteiger partial charge in [0.25, 0.3) is 0 Å². The average Bonchev–Trinajstić information content (AvgIpc) is 2.74. The van der Waals surface area contributed by atoms with Gasteiger partial charge in [-0.1, -0.05) is 20.9 Å². The summed E-state index contributed by atoms with van der Waals surface area (Å²) in [4.78, 5) is 14.9. The van der Waals surface area contributed by atoms with Crippen LogP contribution in [0.1, 0.15) is 18.4 Å². The minimum Gasteiger partial charge on any atom is -0.259 e. The number of aromatic nitrogens is 1. The molecular formula is C11H13Br2N4O2+. The van der Waals surface area contributed by atoms with Gasteiger partial charge in [-0.25, -0.2) is 4.98 Å². The van der Waals surface area contributed by atoms with Crippen LogP contribution in [0.15, 0.2) is 21.3 Å². The maximum absolute atomic E-state index is 10.9. The molecule has 0 saturated carbocycles. The molecule has 3 heterocycles. The molecule has 2 aliphatic heterocycles. The number of hydrogen-bond acceptors (Lipinski definition) is 4. The van der Waals surface area contributed by atoms with Crippen LogP contribution in [0.3, 0.4) is 0 Å². The van der Waals surface area contributed by atoms with E-state index in [1.807, 2.05) is 6.07 Å². The molecule has 0 spiro atoms. The summed E-state index contributed by atoms with van der Waals surface area (Å²) in [6.07, 6.45) is 4.29. The molecule has 102 valence electrons. The van der Waals surface area contributed by atoms with Crippen molar-refractivity contribution in [1.82, 2.24) is 9.99 Å². The van der Waals surface area contributed by atoms with Gasteiger partial charge >= 0.3 is 6.67 Å². The van der Waals surface area contributed by atoms with Crippen molar-refractivity contribution in [3.63, 3.8) is 0 Å². The number of pyridine rings is 1. The maximum Gasteiger partial charge on any atom is 0.347 e. The number of nitrogens with zero attached hydrogens (tertiary/aromatic N) is 4. The molecule has 1 aromatic rings. The van der Waals surface area contributed by atoms with Crippen LogP contribution in [0.5, 0.6) is 0 Å². The lowest BCUT2D eigenvalue weighted by Gasteiger charge is -2.17. The van der Waals surface area contributed by atoms with Crippen molar-refractivity contribution in [2.45, 2.75) is 25.6 Å².